The molecule has 16 heavy (non-hydrogen) atoms. The summed E-state index contributed by atoms with van der Waals surface area (Å²) in [5.74, 6) is 0.581. The van der Waals surface area contributed by atoms with Gasteiger partial charge in [0, 0.05) is 0 Å². The van der Waals surface area contributed by atoms with Crippen LogP contribution in [0.5, 0.6) is 0 Å². The number of alkyl halides is 3. The minimum absolute atomic E-state index is 0.448. The molecule has 0 atom stereocenters. The first kappa shape index (κ1) is 15.7. The monoisotopic (exact) mass is 240 g/mol. The van der Waals surface area contributed by atoms with Crippen molar-refractivity contribution < 1.29 is 13.2 Å². The Kier molecular flexibility index (Phi) is 7.76. The zero-order valence-electron chi connectivity index (χ0n) is 10.4. The van der Waals surface area contributed by atoms with Gasteiger partial charge in [0.1, 0.15) is 0 Å². The molecule has 2 nitrogen and oxygen atoms in total. The van der Waals surface area contributed by atoms with Gasteiger partial charge in [0.2, 0.25) is 0 Å². The highest BCUT2D eigenvalue weighted by Gasteiger charge is 2.29. The molecule has 0 heterocycles. The fourth-order valence-corrected chi connectivity index (χ4v) is 1.42. The van der Waals surface area contributed by atoms with Gasteiger partial charge in [-0.3, -0.25) is 4.90 Å². The van der Waals surface area contributed by atoms with Crippen molar-refractivity contribution in [3.63, 3.8) is 0 Å². The summed E-state index contributed by atoms with van der Waals surface area (Å²) in [6.45, 7) is 7.83. The Labute approximate surface area is 96.2 Å². The van der Waals surface area contributed by atoms with Crippen molar-refractivity contribution in [2.45, 2.75) is 33.4 Å². The van der Waals surface area contributed by atoms with E-state index in [0.717, 1.165) is 19.5 Å². The minimum atomic E-state index is -4.08. The third-order valence-electron chi connectivity index (χ3n) is 2.23. The van der Waals surface area contributed by atoms with E-state index in [9.17, 15) is 13.2 Å². The summed E-state index contributed by atoms with van der Waals surface area (Å²) in [6, 6.07) is 0. The molecule has 0 amide bonds. The van der Waals surface area contributed by atoms with Gasteiger partial charge in [-0.25, -0.2) is 0 Å². The number of halogens is 3. The van der Waals surface area contributed by atoms with Crippen LogP contribution in [-0.4, -0.2) is 43.8 Å². The van der Waals surface area contributed by atoms with Crippen molar-refractivity contribution in [3.8, 4) is 0 Å². The average Bonchev–Trinajstić information content (AvgIpc) is 2.13. The zero-order valence-corrected chi connectivity index (χ0v) is 10.4. The lowest BCUT2D eigenvalue weighted by Crippen LogP contribution is -2.36. The minimum Gasteiger partial charge on any atom is -0.316 e. The van der Waals surface area contributed by atoms with Gasteiger partial charge in [0.25, 0.3) is 0 Å². The van der Waals surface area contributed by atoms with Crippen molar-refractivity contribution in [1.29, 1.82) is 0 Å². The Morgan fingerprint density at radius 1 is 1.25 bits per heavy atom. The molecular weight excluding hydrogens is 217 g/mol. The van der Waals surface area contributed by atoms with Crippen LogP contribution in [0.3, 0.4) is 0 Å². The van der Waals surface area contributed by atoms with Crippen LogP contribution in [0.2, 0.25) is 0 Å². The lowest BCUT2D eigenvalue weighted by Gasteiger charge is -2.21. The molecule has 0 aromatic rings. The molecule has 0 unspecified atom stereocenters. The molecule has 0 spiro atoms. The average molecular weight is 240 g/mol. The van der Waals surface area contributed by atoms with Crippen LogP contribution < -0.4 is 5.32 Å². The second kappa shape index (κ2) is 7.90. The molecule has 0 aliphatic heterocycles. The zero-order chi connectivity index (χ0) is 12.6. The lowest BCUT2D eigenvalue weighted by molar-refractivity contribution is -0.145. The van der Waals surface area contributed by atoms with Crippen molar-refractivity contribution in [2.24, 2.45) is 5.92 Å². The van der Waals surface area contributed by atoms with Crippen LogP contribution in [0.1, 0.15) is 27.2 Å². The third-order valence-corrected chi connectivity index (χ3v) is 2.23. The Morgan fingerprint density at radius 2 is 1.88 bits per heavy atom. The summed E-state index contributed by atoms with van der Waals surface area (Å²) in [5.41, 5.74) is 0. The highest BCUT2D eigenvalue weighted by Crippen LogP contribution is 2.16. The van der Waals surface area contributed by atoms with E-state index in [1.54, 1.807) is 6.92 Å². The number of hydrogen-bond acceptors (Lipinski definition) is 2. The summed E-state index contributed by atoms with van der Waals surface area (Å²) in [6.07, 6.45) is -3.32. The smallest absolute Gasteiger partial charge is 0.316 e. The van der Waals surface area contributed by atoms with Crippen LogP contribution >= 0.6 is 0 Å². The highest BCUT2D eigenvalue weighted by atomic mass is 19.4. The summed E-state index contributed by atoms with van der Waals surface area (Å²) >= 11 is 0. The molecule has 0 saturated heterocycles. The number of hydrogen-bond donors (Lipinski definition) is 1. The third kappa shape index (κ3) is 10.2. The van der Waals surface area contributed by atoms with Crippen molar-refractivity contribution in [3.05, 3.63) is 0 Å². The normalized spacial score (nSPS) is 12.8. The Hall–Kier alpha value is -0.290. The molecule has 0 aliphatic rings. The molecule has 98 valence electrons. The van der Waals surface area contributed by atoms with E-state index in [4.69, 9.17) is 0 Å². The summed E-state index contributed by atoms with van der Waals surface area (Å²) in [4.78, 5) is 1.43. The second-order valence-electron chi connectivity index (χ2n) is 4.44. The van der Waals surface area contributed by atoms with E-state index in [1.165, 1.54) is 4.90 Å². The van der Waals surface area contributed by atoms with E-state index in [-0.39, 0.29) is 0 Å². The predicted molar refractivity (Wildman–Crippen MR) is 60.5 cm³/mol. The van der Waals surface area contributed by atoms with Crippen LogP contribution in [0.15, 0.2) is 0 Å². The summed E-state index contributed by atoms with van der Waals surface area (Å²) in [5, 5.41) is 3.22. The molecule has 5 heteroatoms. The first-order chi connectivity index (χ1) is 7.35. The van der Waals surface area contributed by atoms with Crippen LogP contribution in [0.25, 0.3) is 0 Å². The van der Waals surface area contributed by atoms with Gasteiger partial charge >= 0.3 is 6.18 Å². The maximum Gasteiger partial charge on any atom is 0.401 e. The molecule has 0 aromatic carbocycles. The number of rotatable bonds is 8. The largest absolute Gasteiger partial charge is 0.401 e. The topological polar surface area (TPSA) is 15.3 Å². The van der Waals surface area contributed by atoms with E-state index in [2.05, 4.69) is 19.2 Å². The van der Waals surface area contributed by atoms with Gasteiger partial charge in [-0.1, -0.05) is 20.8 Å². The van der Waals surface area contributed by atoms with Gasteiger partial charge in [0.05, 0.1) is 6.54 Å². The first-order valence-corrected chi connectivity index (χ1v) is 5.85. The fraction of sp³-hybridized carbons (Fsp3) is 1.00. The quantitative estimate of drug-likeness (QED) is 0.656. The Bertz CT molecular complexity index is 169. The van der Waals surface area contributed by atoms with Crippen molar-refractivity contribution >= 4 is 0 Å². The summed E-state index contributed by atoms with van der Waals surface area (Å²) in [7, 11) is 0. The highest BCUT2D eigenvalue weighted by molar-refractivity contribution is 4.62. The molecule has 0 bridgehead atoms. The Balaban J connectivity index is 3.56. The summed E-state index contributed by atoms with van der Waals surface area (Å²) < 4.78 is 36.3. The van der Waals surface area contributed by atoms with Gasteiger partial charge in [-0.2, -0.15) is 13.2 Å². The van der Waals surface area contributed by atoms with Crippen molar-refractivity contribution in [2.75, 3.05) is 32.7 Å². The second-order valence-corrected chi connectivity index (χ2v) is 4.44. The molecular formula is C11H23F3N2. The molecule has 0 saturated carbocycles. The first-order valence-electron chi connectivity index (χ1n) is 5.85. The van der Waals surface area contributed by atoms with Crippen LogP contribution in [-0.2, 0) is 0 Å². The molecule has 0 aromatic heterocycles. The van der Waals surface area contributed by atoms with E-state index >= 15 is 0 Å². The van der Waals surface area contributed by atoms with Gasteiger partial charge < -0.3 is 5.32 Å². The van der Waals surface area contributed by atoms with Crippen LogP contribution in [0, 0.1) is 5.92 Å². The molecule has 0 fully saturated rings. The molecule has 1 N–H and O–H groups in total. The SMILES string of the molecule is CCN(CCCNCC(C)C)CC(F)(F)F. The van der Waals surface area contributed by atoms with E-state index in [0.29, 0.717) is 19.0 Å². The number of nitrogens with one attached hydrogen (secondary N) is 1. The lowest BCUT2D eigenvalue weighted by atomic mass is 10.2. The van der Waals surface area contributed by atoms with Gasteiger partial charge in [-0.05, 0) is 38.5 Å². The van der Waals surface area contributed by atoms with Crippen molar-refractivity contribution in [1.82, 2.24) is 10.2 Å². The number of nitrogens with zero attached hydrogens (tertiary/aromatic N) is 1. The maximum atomic E-state index is 12.1. The van der Waals surface area contributed by atoms with Crippen LogP contribution in [0.4, 0.5) is 13.2 Å². The fourth-order valence-electron chi connectivity index (χ4n) is 1.42. The van der Waals surface area contributed by atoms with Gasteiger partial charge in [-0.15, -0.1) is 0 Å². The van der Waals surface area contributed by atoms with Gasteiger partial charge in [0.15, 0.2) is 0 Å². The molecule has 0 radical (unpaired) electrons. The Morgan fingerprint density at radius 3 is 2.31 bits per heavy atom. The standard InChI is InChI=1S/C11H23F3N2/c1-4-16(9-11(12,13)14)7-5-6-15-8-10(2)3/h10,15H,4-9H2,1-3H3. The van der Waals surface area contributed by atoms with E-state index < -0.39 is 12.7 Å². The molecule has 0 rings (SSSR count). The van der Waals surface area contributed by atoms with E-state index in [1.807, 2.05) is 0 Å². The molecule has 0 aliphatic carbocycles. The predicted octanol–water partition coefficient (Wildman–Crippen LogP) is 2.51. The maximum absolute atomic E-state index is 12.1.